The van der Waals surface area contributed by atoms with Crippen molar-refractivity contribution >= 4 is 11.9 Å². The van der Waals surface area contributed by atoms with E-state index in [4.69, 9.17) is 9.47 Å². The Hall–Kier alpha value is -1.98. The molecule has 2 fully saturated rings. The first-order valence-electron chi connectivity index (χ1n) is 13.1. The van der Waals surface area contributed by atoms with E-state index < -0.39 is 24.3 Å². The van der Waals surface area contributed by atoms with E-state index in [1.807, 2.05) is 0 Å². The highest BCUT2D eigenvalue weighted by molar-refractivity contribution is 5.74. The van der Waals surface area contributed by atoms with Gasteiger partial charge in [-0.25, -0.2) is 18.4 Å². The molecule has 0 amide bonds. The highest BCUT2D eigenvalue weighted by atomic mass is 19.1. The Kier molecular flexibility index (Phi) is 10.3. The quantitative estimate of drug-likeness (QED) is 0.362. The van der Waals surface area contributed by atoms with Gasteiger partial charge in [0.15, 0.2) is 12.3 Å². The van der Waals surface area contributed by atoms with Gasteiger partial charge in [0.25, 0.3) is 0 Å². The maximum atomic E-state index is 13.0. The van der Waals surface area contributed by atoms with Crippen molar-refractivity contribution < 1.29 is 27.8 Å². The van der Waals surface area contributed by atoms with Crippen molar-refractivity contribution in [3.8, 4) is 0 Å². The molecule has 0 radical (unpaired) electrons. The topological polar surface area (TPSA) is 52.6 Å². The molecule has 0 unspecified atom stereocenters. The summed E-state index contributed by atoms with van der Waals surface area (Å²) in [5, 5.41) is 0. The summed E-state index contributed by atoms with van der Waals surface area (Å²) in [4.78, 5) is 22.8. The molecule has 0 spiro atoms. The van der Waals surface area contributed by atoms with Crippen LogP contribution in [0.3, 0.4) is 0 Å². The lowest BCUT2D eigenvalue weighted by atomic mass is 9.83. The Morgan fingerprint density at radius 2 is 1.03 bits per heavy atom. The third-order valence-corrected chi connectivity index (χ3v) is 7.51. The Labute approximate surface area is 202 Å². The van der Waals surface area contributed by atoms with Crippen LogP contribution in [0.4, 0.5) is 8.78 Å². The van der Waals surface area contributed by atoms with Crippen LogP contribution in [0.2, 0.25) is 0 Å². The van der Waals surface area contributed by atoms with Crippen LogP contribution in [0.1, 0.15) is 89.2 Å². The van der Waals surface area contributed by atoms with Crippen molar-refractivity contribution in [1.82, 2.24) is 0 Å². The highest BCUT2D eigenvalue weighted by Crippen LogP contribution is 2.31. The molecule has 4 nitrogen and oxygen atoms in total. The van der Waals surface area contributed by atoms with E-state index in [-0.39, 0.29) is 12.2 Å². The molecule has 0 saturated heterocycles. The summed E-state index contributed by atoms with van der Waals surface area (Å²) in [6.07, 6.45) is 8.52. The fourth-order valence-corrected chi connectivity index (χ4v) is 5.21. The predicted molar refractivity (Wildman–Crippen MR) is 128 cm³/mol. The molecule has 1 aromatic carbocycles. The van der Waals surface area contributed by atoms with Gasteiger partial charge in [0, 0.05) is 0 Å². The van der Waals surface area contributed by atoms with Gasteiger partial charge in [0.05, 0.1) is 0 Å². The fourth-order valence-electron chi connectivity index (χ4n) is 5.21. The number of benzene rings is 1. The highest BCUT2D eigenvalue weighted by Gasteiger charge is 2.26. The lowest BCUT2D eigenvalue weighted by molar-refractivity contribution is -0.157. The predicted octanol–water partition coefficient (Wildman–Crippen LogP) is 6.47. The third kappa shape index (κ3) is 8.66. The number of hydrogen-bond acceptors (Lipinski definition) is 4. The zero-order valence-electron chi connectivity index (χ0n) is 20.6. The van der Waals surface area contributed by atoms with Crippen LogP contribution < -0.4 is 0 Å². The van der Waals surface area contributed by atoms with Crippen molar-refractivity contribution in [2.45, 2.75) is 115 Å². The summed E-state index contributed by atoms with van der Waals surface area (Å²) in [5.74, 6) is -0.185. The van der Waals surface area contributed by atoms with Gasteiger partial charge in [-0.1, -0.05) is 24.3 Å². The van der Waals surface area contributed by atoms with Crippen LogP contribution in [0.25, 0.3) is 0 Å². The molecule has 1 aromatic rings. The van der Waals surface area contributed by atoms with Gasteiger partial charge in [-0.2, -0.15) is 0 Å². The number of carbonyl (C=O) groups excluding carboxylic acids is 2. The SMILES string of the molecule is C[C@H](F)C(=O)OC1CCC(CCc2ccc(CCC3CCC(OC(=O)[C@H](C)F)CC3)cc2)CC1. The molecule has 34 heavy (non-hydrogen) atoms. The third-order valence-electron chi connectivity index (χ3n) is 7.51. The minimum absolute atomic E-state index is 0.120. The monoisotopic (exact) mass is 478 g/mol. The van der Waals surface area contributed by atoms with Crippen LogP contribution >= 0.6 is 0 Å². The Morgan fingerprint density at radius 1 is 0.706 bits per heavy atom. The molecule has 2 aliphatic carbocycles. The van der Waals surface area contributed by atoms with Gasteiger partial charge in [-0.15, -0.1) is 0 Å². The number of rotatable bonds is 10. The molecular formula is C28H40F2O4. The number of ether oxygens (including phenoxy) is 2. The van der Waals surface area contributed by atoms with E-state index in [9.17, 15) is 18.4 Å². The number of halogens is 2. The fraction of sp³-hybridized carbons (Fsp3) is 0.714. The number of esters is 2. The van der Waals surface area contributed by atoms with Crippen LogP contribution in [0.5, 0.6) is 0 Å². The molecule has 6 heteroatoms. The first-order chi connectivity index (χ1) is 16.3. The van der Waals surface area contributed by atoms with Crippen LogP contribution in [0.15, 0.2) is 24.3 Å². The van der Waals surface area contributed by atoms with Crippen molar-refractivity contribution in [3.05, 3.63) is 35.4 Å². The molecular weight excluding hydrogens is 438 g/mol. The second-order valence-electron chi connectivity index (χ2n) is 10.3. The van der Waals surface area contributed by atoms with Gasteiger partial charge < -0.3 is 9.47 Å². The summed E-state index contributed by atoms with van der Waals surface area (Å²) in [5.41, 5.74) is 2.71. The zero-order valence-corrected chi connectivity index (χ0v) is 20.6. The molecule has 0 heterocycles. The van der Waals surface area contributed by atoms with Gasteiger partial charge in [0.1, 0.15) is 12.2 Å². The van der Waals surface area contributed by atoms with Crippen LogP contribution in [-0.2, 0) is 31.9 Å². The lowest BCUT2D eigenvalue weighted by Crippen LogP contribution is -2.27. The van der Waals surface area contributed by atoms with Crippen molar-refractivity contribution in [2.24, 2.45) is 11.8 Å². The zero-order chi connectivity index (χ0) is 24.5. The Balaban J connectivity index is 1.30. The molecule has 2 aliphatic rings. The Bertz CT molecular complexity index is 696. The average molecular weight is 479 g/mol. The number of alkyl halides is 2. The van der Waals surface area contributed by atoms with E-state index in [1.165, 1.54) is 25.0 Å². The molecule has 190 valence electrons. The molecule has 2 saturated carbocycles. The lowest BCUT2D eigenvalue weighted by Gasteiger charge is -2.28. The molecule has 3 rings (SSSR count). The normalized spacial score (nSPS) is 26.9. The number of aryl methyl sites for hydroxylation is 2. The molecule has 0 aliphatic heterocycles. The maximum absolute atomic E-state index is 13.0. The van der Waals surface area contributed by atoms with E-state index in [0.717, 1.165) is 77.0 Å². The second-order valence-corrected chi connectivity index (χ2v) is 10.3. The van der Waals surface area contributed by atoms with Gasteiger partial charge in [0.2, 0.25) is 0 Å². The second kappa shape index (κ2) is 13.2. The van der Waals surface area contributed by atoms with Crippen LogP contribution in [-0.4, -0.2) is 36.5 Å². The minimum atomic E-state index is -1.54. The van der Waals surface area contributed by atoms with Gasteiger partial charge in [-0.3, -0.25) is 0 Å². The number of carbonyl (C=O) groups is 2. The maximum Gasteiger partial charge on any atom is 0.340 e. The molecule has 0 bridgehead atoms. The van der Waals surface area contributed by atoms with Gasteiger partial charge in [-0.05, 0) is 114 Å². The van der Waals surface area contributed by atoms with Crippen molar-refractivity contribution in [1.29, 1.82) is 0 Å². The molecule has 0 N–H and O–H groups in total. The molecule has 0 aromatic heterocycles. The summed E-state index contributed by atoms with van der Waals surface area (Å²) in [7, 11) is 0. The van der Waals surface area contributed by atoms with E-state index >= 15 is 0 Å². The summed E-state index contributed by atoms with van der Waals surface area (Å²) < 4.78 is 36.4. The van der Waals surface area contributed by atoms with Crippen LogP contribution in [0, 0.1) is 11.8 Å². The average Bonchev–Trinajstić information content (AvgIpc) is 2.83. The summed E-state index contributed by atoms with van der Waals surface area (Å²) >= 11 is 0. The largest absolute Gasteiger partial charge is 0.460 e. The van der Waals surface area contributed by atoms with Gasteiger partial charge >= 0.3 is 11.9 Å². The smallest absolute Gasteiger partial charge is 0.340 e. The first-order valence-corrected chi connectivity index (χ1v) is 13.1. The van der Waals surface area contributed by atoms with E-state index in [2.05, 4.69) is 24.3 Å². The number of hydrogen-bond donors (Lipinski definition) is 0. The summed E-state index contributed by atoms with van der Waals surface area (Å²) in [6, 6.07) is 8.94. The Morgan fingerprint density at radius 3 is 1.32 bits per heavy atom. The standard InChI is InChI=1S/C28H40F2O4/c1-19(29)27(31)33-25-15-11-23(12-16-25)9-7-21-3-5-22(6-4-21)8-10-24-13-17-26(18-14-24)34-28(32)20(2)30/h3-6,19-20,23-26H,7-18H2,1-2H3/t19-,20-,23?,24?,25?,26?/m0/s1. The summed E-state index contributed by atoms with van der Waals surface area (Å²) in [6.45, 7) is 2.45. The van der Waals surface area contributed by atoms with E-state index in [1.54, 1.807) is 0 Å². The van der Waals surface area contributed by atoms with Crippen molar-refractivity contribution in [3.63, 3.8) is 0 Å². The van der Waals surface area contributed by atoms with Crippen molar-refractivity contribution in [2.75, 3.05) is 0 Å². The first kappa shape index (κ1) is 26.6. The minimum Gasteiger partial charge on any atom is -0.460 e. The molecule has 2 atom stereocenters. The van der Waals surface area contributed by atoms with E-state index in [0.29, 0.717) is 11.8 Å².